The molecule has 1 aromatic rings. The van der Waals surface area contributed by atoms with E-state index in [-0.39, 0.29) is 29.3 Å². The second-order valence-corrected chi connectivity index (χ2v) is 4.55. The predicted molar refractivity (Wildman–Crippen MR) is 63.6 cm³/mol. The van der Waals surface area contributed by atoms with Crippen LogP contribution in [0.1, 0.15) is 23.8 Å². The van der Waals surface area contributed by atoms with Crippen LogP contribution in [0, 0.1) is 5.92 Å². The third-order valence-corrected chi connectivity index (χ3v) is 3.25. The first kappa shape index (κ1) is 11.9. The smallest absolute Gasteiger partial charge is 0.276 e. The minimum atomic E-state index is -0.221. The second kappa shape index (κ2) is 4.71. The number of aromatic nitrogens is 1. The van der Waals surface area contributed by atoms with Gasteiger partial charge in [0.1, 0.15) is 5.75 Å². The Bertz CT molecular complexity index is 422. The van der Waals surface area contributed by atoms with Crippen molar-refractivity contribution < 1.29 is 9.90 Å². The van der Waals surface area contributed by atoms with Crippen LogP contribution in [0.15, 0.2) is 18.3 Å². The Morgan fingerprint density at radius 2 is 2.41 bits per heavy atom. The van der Waals surface area contributed by atoms with Crippen LogP contribution in [0.25, 0.3) is 0 Å². The van der Waals surface area contributed by atoms with Gasteiger partial charge >= 0.3 is 0 Å². The summed E-state index contributed by atoms with van der Waals surface area (Å²) in [5, 5.41) is 9.59. The van der Waals surface area contributed by atoms with E-state index in [2.05, 4.69) is 4.98 Å². The van der Waals surface area contributed by atoms with Gasteiger partial charge in [0.25, 0.3) is 5.91 Å². The molecule has 2 atom stereocenters. The van der Waals surface area contributed by atoms with E-state index >= 15 is 0 Å². The van der Waals surface area contributed by atoms with E-state index in [4.69, 9.17) is 5.73 Å². The average molecular weight is 235 g/mol. The molecule has 0 saturated carbocycles. The Labute approximate surface area is 100 Å². The fourth-order valence-electron chi connectivity index (χ4n) is 2.06. The summed E-state index contributed by atoms with van der Waals surface area (Å²) >= 11 is 0. The van der Waals surface area contributed by atoms with Crippen molar-refractivity contribution in [2.24, 2.45) is 11.7 Å². The maximum Gasteiger partial charge on any atom is 0.276 e. The van der Waals surface area contributed by atoms with Crippen molar-refractivity contribution in [2.45, 2.75) is 19.4 Å². The van der Waals surface area contributed by atoms with Gasteiger partial charge in [-0.2, -0.15) is 0 Å². The third kappa shape index (κ3) is 2.39. The first-order valence-electron chi connectivity index (χ1n) is 5.78. The largest absolute Gasteiger partial charge is 0.505 e. The highest BCUT2D eigenvalue weighted by atomic mass is 16.3. The number of aromatic hydroxyl groups is 1. The standard InChI is InChI=1S/C12H17N3O2/c1-8-7-15(6-4-9(8)13)12(17)11-10(16)3-2-5-14-11/h2-3,5,8-9,16H,4,6-7,13H2,1H3. The Morgan fingerprint density at radius 3 is 3.06 bits per heavy atom. The summed E-state index contributed by atoms with van der Waals surface area (Å²) in [6.45, 7) is 3.28. The predicted octanol–water partition coefficient (Wildman–Crippen LogP) is 0.597. The summed E-state index contributed by atoms with van der Waals surface area (Å²) < 4.78 is 0. The van der Waals surface area contributed by atoms with Crippen molar-refractivity contribution in [3.05, 3.63) is 24.0 Å². The molecule has 0 aromatic carbocycles. The number of hydrogen-bond donors (Lipinski definition) is 2. The van der Waals surface area contributed by atoms with E-state index in [1.807, 2.05) is 6.92 Å². The minimum absolute atomic E-state index is 0.0694. The van der Waals surface area contributed by atoms with Gasteiger partial charge in [0.15, 0.2) is 5.69 Å². The van der Waals surface area contributed by atoms with Crippen molar-refractivity contribution in [3.63, 3.8) is 0 Å². The molecule has 92 valence electrons. The van der Waals surface area contributed by atoms with E-state index < -0.39 is 0 Å². The highest BCUT2D eigenvalue weighted by molar-refractivity contribution is 5.94. The van der Waals surface area contributed by atoms with Gasteiger partial charge in [0, 0.05) is 25.3 Å². The molecule has 5 heteroatoms. The molecule has 1 saturated heterocycles. The molecule has 1 aliphatic rings. The molecule has 1 aromatic heterocycles. The monoisotopic (exact) mass is 235 g/mol. The van der Waals surface area contributed by atoms with E-state index in [1.54, 1.807) is 11.0 Å². The van der Waals surface area contributed by atoms with Gasteiger partial charge in [0.05, 0.1) is 0 Å². The van der Waals surface area contributed by atoms with Crippen molar-refractivity contribution in [1.29, 1.82) is 0 Å². The lowest BCUT2D eigenvalue weighted by atomic mass is 9.94. The lowest BCUT2D eigenvalue weighted by Gasteiger charge is -2.34. The minimum Gasteiger partial charge on any atom is -0.505 e. The highest BCUT2D eigenvalue weighted by Crippen LogP contribution is 2.20. The maximum absolute atomic E-state index is 12.1. The molecule has 2 heterocycles. The van der Waals surface area contributed by atoms with Crippen LogP contribution in [-0.2, 0) is 0 Å². The molecule has 2 rings (SSSR count). The quantitative estimate of drug-likeness (QED) is 0.747. The van der Waals surface area contributed by atoms with Gasteiger partial charge in [-0.25, -0.2) is 4.98 Å². The van der Waals surface area contributed by atoms with Crippen LogP contribution in [0.2, 0.25) is 0 Å². The second-order valence-electron chi connectivity index (χ2n) is 4.55. The zero-order valence-electron chi connectivity index (χ0n) is 9.84. The van der Waals surface area contributed by atoms with Crippen molar-refractivity contribution in [3.8, 4) is 5.75 Å². The Balaban J connectivity index is 2.14. The Kier molecular flexibility index (Phi) is 3.28. The number of carbonyl (C=O) groups excluding carboxylic acids is 1. The van der Waals surface area contributed by atoms with Gasteiger partial charge in [-0.15, -0.1) is 0 Å². The van der Waals surface area contributed by atoms with Crippen LogP contribution in [0.3, 0.4) is 0 Å². The first-order valence-corrected chi connectivity index (χ1v) is 5.78. The number of likely N-dealkylation sites (tertiary alicyclic amines) is 1. The fraction of sp³-hybridized carbons (Fsp3) is 0.500. The molecular formula is C12H17N3O2. The molecule has 0 radical (unpaired) electrons. The zero-order chi connectivity index (χ0) is 12.4. The van der Waals surface area contributed by atoms with Crippen LogP contribution in [-0.4, -0.2) is 40.0 Å². The Morgan fingerprint density at radius 1 is 1.65 bits per heavy atom. The van der Waals surface area contributed by atoms with Crippen molar-refractivity contribution in [1.82, 2.24) is 9.88 Å². The van der Waals surface area contributed by atoms with Crippen molar-refractivity contribution in [2.75, 3.05) is 13.1 Å². The number of piperidine rings is 1. The van der Waals surface area contributed by atoms with E-state index in [0.29, 0.717) is 13.1 Å². The average Bonchev–Trinajstić information content (AvgIpc) is 2.32. The lowest BCUT2D eigenvalue weighted by molar-refractivity contribution is 0.0655. The van der Waals surface area contributed by atoms with Crippen LogP contribution >= 0.6 is 0 Å². The molecule has 0 spiro atoms. The molecule has 1 fully saturated rings. The normalized spacial score (nSPS) is 24.7. The third-order valence-electron chi connectivity index (χ3n) is 3.25. The van der Waals surface area contributed by atoms with Crippen LogP contribution < -0.4 is 5.73 Å². The topological polar surface area (TPSA) is 79.5 Å². The number of carbonyl (C=O) groups is 1. The number of hydrogen-bond acceptors (Lipinski definition) is 4. The number of nitrogens with zero attached hydrogens (tertiary/aromatic N) is 2. The summed E-state index contributed by atoms with van der Waals surface area (Å²) in [5.74, 6) is -0.0135. The molecule has 17 heavy (non-hydrogen) atoms. The Hall–Kier alpha value is -1.62. The van der Waals surface area contributed by atoms with Crippen LogP contribution in [0.4, 0.5) is 0 Å². The van der Waals surface area contributed by atoms with E-state index in [9.17, 15) is 9.90 Å². The van der Waals surface area contributed by atoms with Gasteiger partial charge in [-0.05, 0) is 24.5 Å². The maximum atomic E-state index is 12.1. The molecule has 3 N–H and O–H groups in total. The highest BCUT2D eigenvalue weighted by Gasteiger charge is 2.28. The van der Waals surface area contributed by atoms with Crippen LogP contribution in [0.5, 0.6) is 5.75 Å². The van der Waals surface area contributed by atoms with Gasteiger partial charge in [-0.1, -0.05) is 6.92 Å². The SMILES string of the molecule is CC1CN(C(=O)c2ncccc2O)CCC1N. The molecule has 5 nitrogen and oxygen atoms in total. The molecule has 1 aliphatic heterocycles. The van der Waals surface area contributed by atoms with E-state index in [1.165, 1.54) is 12.3 Å². The summed E-state index contributed by atoms with van der Waals surface area (Å²) in [7, 11) is 0. The molecule has 0 bridgehead atoms. The summed E-state index contributed by atoms with van der Waals surface area (Å²) in [6, 6.07) is 3.22. The first-order chi connectivity index (χ1) is 8.09. The summed E-state index contributed by atoms with van der Waals surface area (Å²) in [4.78, 5) is 17.8. The lowest BCUT2D eigenvalue weighted by Crippen LogP contribution is -2.48. The molecular weight excluding hydrogens is 218 g/mol. The molecule has 0 aliphatic carbocycles. The van der Waals surface area contributed by atoms with E-state index in [0.717, 1.165) is 6.42 Å². The molecule has 2 unspecified atom stereocenters. The molecule has 1 amide bonds. The fourth-order valence-corrected chi connectivity index (χ4v) is 2.06. The van der Waals surface area contributed by atoms with Gasteiger partial charge in [-0.3, -0.25) is 4.79 Å². The van der Waals surface area contributed by atoms with Gasteiger partial charge in [0.2, 0.25) is 0 Å². The zero-order valence-corrected chi connectivity index (χ0v) is 9.84. The number of amides is 1. The van der Waals surface area contributed by atoms with Crippen molar-refractivity contribution >= 4 is 5.91 Å². The number of nitrogens with two attached hydrogens (primary N) is 1. The summed E-state index contributed by atoms with van der Waals surface area (Å²) in [5.41, 5.74) is 6.03. The van der Waals surface area contributed by atoms with Gasteiger partial charge < -0.3 is 15.7 Å². The number of rotatable bonds is 1. The summed E-state index contributed by atoms with van der Waals surface area (Å²) in [6.07, 6.45) is 2.30. The number of pyridine rings is 1.